The molecule has 0 amide bonds. The normalized spacial score (nSPS) is 21.8. The number of fused-ring (bicyclic) bond motifs is 1. The summed E-state index contributed by atoms with van der Waals surface area (Å²) < 4.78 is 11.4. The Morgan fingerprint density at radius 2 is 1.89 bits per heavy atom. The van der Waals surface area contributed by atoms with Crippen LogP contribution in [0.5, 0.6) is 5.75 Å². The van der Waals surface area contributed by atoms with E-state index in [4.69, 9.17) is 9.47 Å². The Morgan fingerprint density at radius 1 is 1.11 bits per heavy atom. The maximum atomic E-state index is 6.11. The summed E-state index contributed by atoms with van der Waals surface area (Å²) in [6, 6.07) is 16.7. The largest absolute Gasteiger partial charge is 0.497 e. The van der Waals surface area contributed by atoms with Gasteiger partial charge in [-0.25, -0.2) is 0 Å². The number of methoxy groups -OCH3 is 1. The summed E-state index contributed by atoms with van der Waals surface area (Å²) in [5, 5.41) is 0. The molecule has 1 heterocycles. The lowest BCUT2D eigenvalue weighted by Crippen LogP contribution is -2.33. The highest BCUT2D eigenvalue weighted by Gasteiger charge is 2.34. The van der Waals surface area contributed by atoms with Crippen molar-refractivity contribution in [1.29, 1.82) is 0 Å². The molecular formula is C17H18O2. The number of hydrogen-bond acceptors (Lipinski definition) is 2. The predicted octanol–water partition coefficient (Wildman–Crippen LogP) is 3.53. The molecule has 3 rings (SSSR count). The van der Waals surface area contributed by atoms with Gasteiger partial charge < -0.3 is 9.47 Å². The second-order valence-electron chi connectivity index (χ2n) is 5.02. The van der Waals surface area contributed by atoms with E-state index in [1.165, 1.54) is 16.7 Å². The van der Waals surface area contributed by atoms with Gasteiger partial charge >= 0.3 is 0 Å². The van der Waals surface area contributed by atoms with Crippen molar-refractivity contribution >= 4 is 0 Å². The highest BCUT2D eigenvalue weighted by atomic mass is 16.5. The Hall–Kier alpha value is -1.80. The molecule has 0 saturated carbocycles. The zero-order valence-electron chi connectivity index (χ0n) is 11.3. The quantitative estimate of drug-likeness (QED) is 0.816. The molecule has 2 nitrogen and oxygen atoms in total. The molecule has 0 radical (unpaired) electrons. The maximum absolute atomic E-state index is 6.11. The SMILES string of the molecule is COc1ccc2c(c1)CCOC2(C)c1ccccc1. The van der Waals surface area contributed by atoms with Crippen molar-refractivity contribution in [3.8, 4) is 5.75 Å². The van der Waals surface area contributed by atoms with E-state index in [1.54, 1.807) is 7.11 Å². The van der Waals surface area contributed by atoms with E-state index >= 15 is 0 Å². The fourth-order valence-electron chi connectivity index (χ4n) is 2.81. The summed E-state index contributed by atoms with van der Waals surface area (Å²) in [7, 11) is 1.71. The molecule has 0 spiro atoms. The van der Waals surface area contributed by atoms with Crippen LogP contribution in [0, 0.1) is 0 Å². The first kappa shape index (κ1) is 12.2. The summed E-state index contributed by atoms with van der Waals surface area (Å²) in [4.78, 5) is 0. The van der Waals surface area contributed by atoms with Crippen molar-refractivity contribution in [3.63, 3.8) is 0 Å². The molecule has 0 bridgehead atoms. The highest BCUT2D eigenvalue weighted by Crippen LogP contribution is 2.39. The van der Waals surface area contributed by atoms with Crippen LogP contribution in [0.15, 0.2) is 48.5 Å². The monoisotopic (exact) mass is 254 g/mol. The van der Waals surface area contributed by atoms with E-state index < -0.39 is 0 Å². The van der Waals surface area contributed by atoms with Gasteiger partial charge in [0.2, 0.25) is 0 Å². The van der Waals surface area contributed by atoms with E-state index in [0.717, 1.165) is 18.8 Å². The lowest BCUT2D eigenvalue weighted by molar-refractivity contribution is -0.0142. The van der Waals surface area contributed by atoms with Crippen molar-refractivity contribution in [2.45, 2.75) is 18.9 Å². The lowest BCUT2D eigenvalue weighted by atomic mass is 9.82. The summed E-state index contributed by atoms with van der Waals surface area (Å²) in [6.45, 7) is 2.89. The number of ether oxygens (including phenoxy) is 2. The topological polar surface area (TPSA) is 18.5 Å². The van der Waals surface area contributed by atoms with Gasteiger partial charge in [0.1, 0.15) is 11.4 Å². The van der Waals surface area contributed by atoms with Crippen molar-refractivity contribution in [2.75, 3.05) is 13.7 Å². The van der Waals surface area contributed by atoms with Crippen LogP contribution in [0.4, 0.5) is 0 Å². The van der Waals surface area contributed by atoms with Crippen LogP contribution in [-0.4, -0.2) is 13.7 Å². The molecule has 2 aromatic carbocycles. The molecule has 0 N–H and O–H groups in total. The van der Waals surface area contributed by atoms with Crippen LogP contribution in [0.1, 0.15) is 23.6 Å². The van der Waals surface area contributed by atoms with E-state index in [1.807, 2.05) is 12.1 Å². The molecule has 1 unspecified atom stereocenters. The molecule has 0 fully saturated rings. The standard InChI is InChI=1S/C17H18O2/c1-17(14-6-4-3-5-7-14)16-9-8-15(18-2)12-13(16)10-11-19-17/h3-9,12H,10-11H2,1-2H3. The molecular weight excluding hydrogens is 236 g/mol. The Kier molecular flexibility index (Phi) is 3.03. The first-order valence-corrected chi connectivity index (χ1v) is 6.61. The Bertz CT molecular complexity index is 577. The van der Waals surface area contributed by atoms with E-state index in [2.05, 4.69) is 43.3 Å². The molecule has 0 saturated heterocycles. The van der Waals surface area contributed by atoms with Gasteiger partial charge in [-0.05, 0) is 42.2 Å². The molecule has 1 aliphatic heterocycles. The fourth-order valence-corrected chi connectivity index (χ4v) is 2.81. The third-order valence-electron chi connectivity index (χ3n) is 3.91. The molecule has 1 aliphatic rings. The third-order valence-corrected chi connectivity index (χ3v) is 3.91. The average molecular weight is 254 g/mol. The lowest BCUT2D eigenvalue weighted by Gasteiger charge is -2.36. The van der Waals surface area contributed by atoms with Gasteiger partial charge in [0.05, 0.1) is 13.7 Å². The molecule has 98 valence electrons. The molecule has 19 heavy (non-hydrogen) atoms. The number of rotatable bonds is 2. The maximum Gasteiger partial charge on any atom is 0.119 e. The van der Waals surface area contributed by atoms with Crippen molar-refractivity contribution in [1.82, 2.24) is 0 Å². The zero-order valence-corrected chi connectivity index (χ0v) is 11.3. The summed E-state index contributed by atoms with van der Waals surface area (Å²) in [5.41, 5.74) is 3.39. The van der Waals surface area contributed by atoms with Gasteiger partial charge in [-0.15, -0.1) is 0 Å². The minimum absolute atomic E-state index is 0.360. The van der Waals surface area contributed by atoms with Gasteiger partial charge in [-0.2, -0.15) is 0 Å². The van der Waals surface area contributed by atoms with E-state index in [0.29, 0.717) is 0 Å². The first-order valence-electron chi connectivity index (χ1n) is 6.61. The van der Waals surface area contributed by atoms with Gasteiger partial charge in [0.25, 0.3) is 0 Å². The average Bonchev–Trinajstić information content (AvgIpc) is 2.48. The summed E-state index contributed by atoms with van der Waals surface area (Å²) in [6.07, 6.45) is 0.939. The molecule has 2 heteroatoms. The van der Waals surface area contributed by atoms with Crippen molar-refractivity contribution in [2.24, 2.45) is 0 Å². The van der Waals surface area contributed by atoms with E-state index in [9.17, 15) is 0 Å². The van der Waals surface area contributed by atoms with Crippen molar-refractivity contribution < 1.29 is 9.47 Å². The first-order chi connectivity index (χ1) is 9.24. The Labute approximate surface area is 114 Å². The predicted molar refractivity (Wildman–Crippen MR) is 75.5 cm³/mol. The molecule has 0 aliphatic carbocycles. The Morgan fingerprint density at radius 3 is 2.63 bits per heavy atom. The zero-order chi connectivity index (χ0) is 13.3. The summed E-state index contributed by atoms with van der Waals surface area (Å²) >= 11 is 0. The van der Waals surface area contributed by atoms with Gasteiger partial charge in [-0.1, -0.05) is 36.4 Å². The minimum Gasteiger partial charge on any atom is -0.497 e. The van der Waals surface area contributed by atoms with Gasteiger partial charge in [0.15, 0.2) is 0 Å². The fraction of sp³-hybridized carbons (Fsp3) is 0.294. The minimum atomic E-state index is -0.360. The molecule has 1 atom stereocenters. The highest BCUT2D eigenvalue weighted by molar-refractivity contribution is 5.45. The van der Waals surface area contributed by atoms with Gasteiger partial charge in [0, 0.05) is 0 Å². The van der Waals surface area contributed by atoms with Crippen molar-refractivity contribution in [3.05, 3.63) is 65.2 Å². The van der Waals surface area contributed by atoms with Gasteiger partial charge in [-0.3, -0.25) is 0 Å². The van der Waals surface area contributed by atoms with Crippen LogP contribution in [0.25, 0.3) is 0 Å². The second kappa shape index (κ2) is 4.71. The Balaban J connectivity index is 2.12. The van der Waals surface area contributed by atoms with Crippen LogP contribution < -0.4 is 4.74 Å². The number of hydrogen-bond donors (Lipinski definition) is 0. The molecule has 0 aromatic heterocycles. The number of benzene rings is 2. The van der Waals surface area contributed by atoms with Crippen LogP contribution in [0.2, 0.25) is 0 Å². The van der Waals surface area contributed by atoms with Crippen LogP contribution in [-0.2, 0) is 16.8 Å². The van der Waals surface area contributed by atoms with Crippen LogP contribution in [0.3, 0.4) is 0 Å². The second-order valence-corrected chi connectivity index (χ2v) is 5.02. The smallest absolute Gasteiger partial charge is 0.119 e. The molecule has 2 aromatic rings. The summed E-state index contributed by atoms with van der Waals surface area (Å²) in [5.74, 6) is 0.913. The van der Waals surface area contributed by atoms with E-state index in [-0.39, 0.29) is 5.60 Å². The van der Waals surface area contributed by atoms with Crippen LogP contribution >= 0.6 is 0 Å². The third kappa shape index (κ3) is 2.02.